The fourth-order valence-electron chi connectivity index (χ4n) is 2.35. The first-order valence-electron chi connectivity index (χ1n) is 8.86. The average molecular weight is 372 g/mol. The number of primary amides is 1. The molecule has 3 amide bonds. The summed E-state index contributed by atoms with van der Waals surface area (Å²) in [6.45, 7) is 7.32. The van der Waals surface area contributed by atoms with E-state index in [4.69, 9.17) is 11.5 Å². The van der Waals surface area contributed by atoms with E-state index in [0.29, 0.717) is 12.8 Å². The van der Waals surface area contributed by atoms with Crippen LogP contribution in [0.5, 0.6) is 0 Å². The Morgan fingerprint density at radius 3 is 2.04 bits per heavy atom. The lowest BCUT2D eigenvalue weighted by atomic mass is 9.97. The Kier molecular flexibility index (Phi) is 10.5. The van der Waals surface area contributed by atoms with Gasteiger partial charge in [-0.25, -0.2) is 4.79 Å². The van der Waals surface area contributed by atoms with Gasteiger partial charge in [-0.2, -0.15) is 0 Å². The summed E-state index contributed by atoms with van der Waals surface area (Å²) in [4.78, 5) is 46.9. The fraction of sp³-hybridized carbons (Fsp3) is 0.765. The van der Waals surface area contributed by atoms with Crippen molar-refractivity contribution in [3.63, 3.8) is 0 Å². The van der Waals surface area contributed by atoms with Crippen molar-refractivity contribution >= 4 is 23.7 Å². The van der Waals surface area contributed by atoms with E-state index in [1.54, 1.807) is 6.92 Å². The highest BCUT2D eigenvalue weighted by atomic mass is 16.4. The molecule has 9 nitrogen and oxygen atoms in total. The van der Waals surface area contributed by atoms with Crippen LogP contribution in [-0.4, -0.2) is 46.9 Å². The quantitative estimate of drug-likeness (QED) is 0.316. The van der Waals surface area contributed by atoms with Crippen LogP contribution < -0.4 is 22.1 Å². The minimum atomic E-state index is -1.12. The normalized spacial score (nSPS) is 15.6. The van der Waals surface area contributed by atoms with E-state index in [1.165, 1.54) is 0 Å². The number of amides is 3. The number of carboxylic acids is 1. The number of aliphatic carboxylic acids is 1. The largest absolute Gasteiger partial charge is 0.480 e. The third-order valence-corrected chi connectivity index (χ3v) is 4.16. The first-order chi connectivity index (χ1) is 12.0. The van der Waals surface area contributed by atoms with Crippen LogP contribution in [0.3, 0.4) is 0 Å². The van der Waals surface area contributed by atoms with Crippen molar-refractivity contribution in [3.8, 4) is 0 Å². The lowest BCUT2D eigenvalue weighted by Gasteiger charge is -2.26. The predicted octanol–water partition coefficient (Wildman–Crippen LogP) is -0.274. The van der Waals surface area contributed by atoms with E-state index in [-0.39, 0.29) is 24.7 Å². The van der Waals surface area contributed by atoms with E-state index in [0.717, 1.165) is 0 Å². The first kappa shape index (κ1) is 23.8. The predicted molar refractivity (Wildman–Crippen MR) is 96.8 cm³/mol. The standard InChI is InChI=1S/C17H32N4O5/c1-5-10(4)14(17(25)26)21-16(24)12(8-9(2)3)20-15(23)11(18)6-7-13(19)22/h9-12,14H,5-8,18H2,1-4H3,(H2,19,22)(H,20,23)(H,21,24)(H,25,26)/t10-,11-,12-,14-/m0/s1. The van der Waals surface area contributed by atoms with Crippen LogP contribution in [0.25, 0.3) is 0 Å². The van der Waals surface area contributed by atoms with Crippen molar-refractivity contribution in [3.05, 3.63) is 0 Å². The summed E-state index contributed by atoms with van der Waals surface area (Å²) in [5, 5.41) is 14.4. The molecule has 0 saturated carbocycles. The van der Waals surface area contributed by atoms with E-state index >= 15 is 0 Å². The van der Waals surface area contributed by atoms with Crippen molar-refractivity contribution in [2.75, 3.05) is 0 Å². The molecule has 0 spiro atoms. The molecule has 26 heavy (non-hydrogen) atoms. The van der Waals surface area contributed by atoms with Crippen molar-refractivity contribution in [2.24, 2.45) is 23.3 Å². The molecule has 0 rings (SSSR count). The first-order valence-corrected chi connectivity index (χ1v) is 8.86. The summed E-state index contributed by atoms with van der Waals surface area (Å²) in [5.74, 6) is -3.02. The fourth-order valence-corrected chi connectivity index (χ4v) is 2.35. The maximum atomic E-state index is 12.5. The molecule has 0 aliphatic carbocycles. The minimum Gasteiger partial charge on any atom is -0.480 e. The third kappa shape index (κ3) is 8.80. The molecule has 0 aliphatic heterocycles. The molecule has 0 aromatic carbocycles. The topological polar surface area (TPSA) is 165 Å². The monoisotopic (exact) mass is 372 g/mol. The molecule has 9 heteroatoms. The summed E-state index contributed by atoms with van der Waals surface area (Å²) in [6, 6.07) is -2.93. The molecule has 0 fully saturated rings. The van der Waals surface area contributed by atoms with E-state index < -0.39 is 41.8 Å². The van der Waals surface area contributed by atoms with Gasteiger partial charge in [0.2, 0.25) is 17.7 Å². The van der Waals surface area contributed by atoms with Crippen LogP contribution in [0.1, 0.15) is 53.4 Å². The van der Waals surface area contributed by atoms with E-state index in [9.17, 15) is 24.3 Å². The number of nitrogens with one attached hydrogen (secondary N) is 2. The molecule has 0 bridgehead atoms. The van der Waals surface area contributed by atoms with Gasteiger partial charge in [0, 0.05) is 6.42 Å². The second-order valence-corrected chi connectivity index (χ2v) is 7.01. The van der Waals surface area contributed by atoms with Gasteiger partial charge in [-0.1, -0.05) is 34.1 Å². The second-order valence-electron chi connectivity index (χ2n) is 7.01. The van der Waals surface area contributed by atoms with Crippen LogP contribution >= 0.6 is 0 Å². The Labute approximate surface area is 154 Å². The SMILES string of the molecule is CC[C@H](C)[C@H](NC(=O)[C@H](CC(C)C)NC(=O)[C@@H](N)CCC(N)=O)C(=O)O. The molecule has 0 aromatic heterocycles. The van der Waals surface area contributed by atoms with Crippen LogP contribution in [0.2, 0.25) is 0 Å². The van der Waals surface area contributed by atoms with Gasteiger partial charge in [0.05, 0.1) is 6.04 Å². The third-order valence-electron chi connectivity index (χ3n) is 4.16. The van der Waals surface area contributed by atoms with Crippen LogP contribution in [0, 0.1) is 11.8 Å². The summed E-state index contributed by atoms with van der Waals surface area (Å²) in [5.41, 5.74) is 10.8. The highest BCUT2D eigenvalue weighted by Gasteiger charge is 2.30. The number of carbonyl (C=O) groups excluding carboxylic acids is 3. The molecule has 0 radical (unpaired) electrons. The van der Waals surface area contributed by atoms with Gasteiger partial charge < -0.3 is 27.2 Å². The summed E-state index contributed by atoms with van der Waals surface area (Å²) in [6.07, 6.45) is 0.940. The molecule has 0 saturated heterocycles. The minimum absolute atomic E-state index is 0.0370. The Morgan fingerprint density at radius 1 is 1.04 bits per heavy atom. The molecule has 0 heterocycles. The lowest BCUT2D eigenvalue weighted by Crippen LogP contribution is -2.56. The number of rotatable bonds is 12. The van der Waals surface area contributed by atoms with Gasteiger partial charge >= 0.3 is 5.97 Å². The zero-order valence-corrected chi connectivity index (χ0v) is 16.0. The van der Waals surface area contributed by atoms with Gasteiger partial charge in [0.25, 0.3) is 0 Å². The lowest BCUT2D eigenvalue weighted by molar-refractivity contribution is -0.143. The summed E-state index contributed by atoms with van der Waals surface area (Å²) < 4.78 is 0. The highest BCUT2D eigenvalue weighted by Crippen LogP contribution is 2.11. The number of hydrogen-bond acceptors (Lipinski definition) is 5. The average Bonchev–Trinajstić information content (AvgIpc) is 2.54. The maximum absolute atomic E-state index is 12.5. The molecule has 0 aromatic rings. The van der Waals surface area contributed by atoms with E-state index in [1.807, 2.05) is 20.8 Å². The van der Waals surface area contributed by atoms with E-state index in [2.05, 4.69) is 10.6 Å². The Hall–Kier alpha value is -2.16. The number of carboxylic acid groups (broad SMARTS) is 1. The van der Waals surface area contributed by atoms with Crippen molar-refractivity contribution in [2.45, 2.75) is 71.5 Å². The molecule has 7 N–H and O–H groups in total. The number of carbonyl (C=O) groups is 4. The summed E-state index contributed by atoms with van der Waals surface area (Å²) in [7, 11) is 0. The molecule has 150 valence electrons. The van der Waals surface area contributed by atoms with Gasteiger partial charge in [0.1, 0.15) is 12.1 Å². The smallest absolute Gasteiger partial charge is 0.326 e. The Bertz CT molecular complexity index is 509. The van der Waals surface area contributed by atoms with Crippen LogP contribution in [-0.2, 0) is 19.2 Å². The van der Waals surface area contributed by atoms with Gasteiger partial charge in [-0.15, -0.1) is 0 Å². The zero-order valence-electron chi connectivity index (χ0n) is 16.0. The van der Waals surface area contributed by atoms with Gasteiger partial charge in [-0.3, -0.25) is 14.4 Å². The molecular formula is C17H32N4O5. The van der Waals surface area contributed by atoms with Gasteiger partial charge in [-0.05, 0) is 24.7 Å². The number of nitrogens with two attached hydrogens (primary N) is 2. The van der Waals surface area contributed by atoms with Gasteiger partial charge in [0.15, 0.2) is 0 Å². The zero-order chi connectivity index (χ0) is 20.4. The Balaban J connectivity index is 5.06. The number of hydrogen-bond donors (Lipinski definition) is 5. The van der Waals surface area contributed by atoms with Crippen molar-refractivity contribution in [1.82, 2.24) is 10.6 Å². The molecule has 0 unspecified atom stereocenters. The molecular weight excluding hydrogens is 340 g/mol. The van der Waals surface area contributed by atoms with Crippen LogP contribution in [0.15, 0.2) is 0 Å². The molecule has 0 aliphatic rings. The summed E-state index contributed by atoms with van der Waals surface area (Å²) >= 11 is 0. The molecule has 4 atom stereocenters. The maximum Gasteiger partial charge on any atom is 0.326 e. The van der Waals surface area contributed by atoms with Crippen LogP contribution in [0.4, 0.5) is 0 Å². The van der Waals surface area contributed by atoms with Crippen molar-refractivity contribution < 1.29 is 24.3 Å². The Morgan fingerprint density at radius 2 is 1.62 bits per heavy atom. The van der Waals surface area contributed by atoms with Crippen molar-refractivity contribution in [1.29, 1.82) is 0 Å². The highest BCUT2D eigenvalue weighted by molar-refractivity contribution is 5.92. The second kappa shape index (κ2) is 11.5.